The smallest absolute Gasteiger partial charge is 0.162 e. The molecule has 4 heteroatoms. The second-order valence-electron chi connectivity index (χ2n) is 13.0. The maximum atomic E-state index is 5.05. The minimum absolute atomic E-state index is 0.724. The first-order valence-corrected chi connectivity index (χ1v) is 18.1. The number of aryl methyl sites for hydroxylation is 1. The van der Waals surface area contributed by atoms with E-state index in [1.165, 1.54) is 58.1 Å². The highest BCUT2D eigenvalue weighted by Crippen LogP contribution is 2.44. The summed E-state index contributed by atoms with van der Waals surface area (Å²) in [6.07, 6.45) is 0. The van der Waals surface area contributed by atoms with Crippen LogP contribution in [0, 0.1) is 6.92 Å². The van der Waals surface area contributed by atoms with Crippen molar-refractivity contribution < 1.29 is 0 Å². The summed E-state index contributed by atoms with van der Waals surface area (Å²) in [7, 11) is 0. The highest BCUT2D eigenvalue weighted by molar-refractivity contribution is 7.26. The molecule has 8 aromatic carbocycles. The first-order valence-electron chi connectivity index (χ1n) is 17.3. The van der Waals surface area contributed by atoms with Gasteiger partial charge in [-0.3, -0.25) is 4.57 Å². The molecule has 0 spiro atoms. The number of benzene rings is 8. The zero-order valence-corrected chi connectivity index (χ0v) is 28.7. The van der Waals surface area contributed by atoms with Gasteiger partial charge in [-0.25, -0.2) is 9.97 Å². The average Bonchev–Trinajstić information content (AvgIpc) is 3.75. The Kier molecular flexibility index (Phi) is 6.90. The minimum Gasteiger partial charge on any atom is -0.294 e. The molecule has 3 aromatic heterocycles. The van der Waals surface area contributed by atoms with Crippen LogP contribution in [-0.2, 0) is 0 Å². The summed E-state index contributed by atoms with van der Waals surface area (Å²) in [5.41, 5.74) is 6.50. The third kappa shape index (κ3) is 4.87. The largest absolute Gasteiger partial charge is 0.294 e. The van der Waals surface area contributed by atoms with Crippen LogP contribution in [0.4, 0.5) is 0 Å². The molecule has 0 bridgehead atoms. The van der Waals surface area contributed by atoms with Crippen molar-refractivity contribution in [2.45, 2.75) is 6.92 Å². The van der Waals surface area contributed by atoms with Crippen molar-refractivity contribution in [3.63, 3.8) is 0 Å². The summed E-state index contributed by atoms with van der Waals surface area (Å²) >= 11 is 1.90. The molecular weight excluding hydrogens is 639 g/mol. The van der Waals surface area contributed by atoms with Gasteiger partial charge in [0.15, 0.2) is 5.82 Å². The third-order valence-corrected chi connectivity index (χ3v) is 11.0. The molecule has 11 aromatic rings. The Balaban J connectivity index is 0.000000145. The summed E-state index contributed by atoms with van der Waals surface area (Å²) in [5, 5.41) is 10.8. The van der Waals surface area contributed by atoms with Crippen LogP contribution in [0.1, 0.15) is 5.56 Å². The lowest BCUT2D eigenvalue weighted by Gasteiger charge is -2.12. The molecule has 0 saturated carbocycles. The van der Waals surface area contributed by atoms with Crippen molar-refractivity contribution in [3.05, 3.63) is 175 Å². The van der Waals surface area contributed by atoms with E-state index < -0.39 is 0 Å². The fraction of sp³-hybridized carbons (Fsp3) is 0.0213. The van der Waals surface area contributed by atoms with Crippen molar-refractivity contribution in [2.75, 3.05) is 0 Å². The van der Waals surface area contributed by atoms with Gasteiger partial charge in [0.25, 0.3) is 0 Å². The molecule has 0 amide bonds. The van der Waals surface area contributed by atoms with Crippen molar-refractivity contribution in [3.8, 4) is 28.5 Å². The maximum absolute atomic E-state index is 5.05. The van der Waals surface area contributed by atoms with Crippen LogP contribution in [0.2, 0.25) is 0 Å². The summed E-state index contributed by atoms with van der Waals surface area (Å²) < 4.78 is 5.04. The van der Waals surface area contributed by atoms with Crippen LogP contribution in [0.3, 0.4) is 0 Å². The Hall–Kier alpha value is -6.36. The van der Waals surface area contributed by atoms with E-state index in [1.807, 2.05) is 29.5 Å². The maximum Gasteiger partial charge on any atom is 0.162 e. The number of rotatable bonds is 3. The molecule has 0 aliphatic rings. The van der Waals surface area contributed by atoms with Gasteiger partial charge in [0, 0.05) is 48.1 Å². The molecule has 3 nitrogen and oxygen atoms in total. The Morgan fingerprint density at radius 1 is 0.431 bits per heavy atom. The monoisotopic (exact) mass is 669 g/mol. The van der Waals surface area contributed by atoms with Gasteiger partial charge in [0.1, 0.15) is 5.82 Å². The van der Waals surface area contributed by atoms with E-state index in [0.29, 0.717) is 0 Å². The van der Waals surface area contributed by atoms with Crippen molar-refractivity contribution in [1.82, 2.24) is 14.5 Å². The van der Waals surface area contributed by atoms with Gasteiger partial charge in [-0.05, 0) is 58.8 Å². The molecule has 3 heterocycles. The van der Waals surface area contributed by atoms with Crippen LogP contribution in [-0.4, -0.2) is 14.5 Å². The number of aromatic nitrogens is 3. The Labute approximate surface area is 299 Å². The number of nitrogens with zero attached hydrogens (tertiary/aromatic N) is 3. The van der Waals surface area contributed by atoms with Crippen LogP contribution >= 0.6 is 11.3 Å². The predicted octanol–water partition coefficient (Wildman–Crippen LogP) is 13.0. The van der Waals surface area contributed by atoms with Crippen molar-refractivity contribution in [1.29, 1.82) is 0 Å². The number of hydrogen-bond acceptors (Lipinski definition) is 3. The molecule has 0 atom stereocenters. The van der Waals surface area contributed by atoms with Crippen LogP contribution < -0.4 is 0 Å². The lowest BCUT2D eigenvalue weighted by molar-refractivity contribution is 1.05. The zero-order valence-electron chi connectivity index (χ0n) is 27.9. The lowest BCUT2D eigenvalue weighted by Crippen LogP contribution is -2.02. The zero-order chi connectivity index (χ0) is 33.9. The first kappa shape index (κ1) is 29.5. The summed E-state index contributed by atoms with van der Waals surface area (Å²) in [4.78, 5) is 10.0. The summed E-state index contributed by atoms with van der Waals surface area (Å²) in [6, 6.07) is 59.8. The van der Waals surface area contributed by atoms with E-state index in [2.05, 4.69) is 163 Å². The van der Waals surface area contributed by atoms with E-state index in [9.17, 15) is 0 Å². The molecule has 0 aliphatic heterocycles. The number of thiophene rings is 1. The Morgan fingerprint density at radius 2 is 0.941 bits per heavy atom. The Morgan fingerprint density at radius 3 is 1.55 bits per heavy atom. The van der Waals surface area contributed by atoms with E-state index >= 15 is 0 Å². The highest BCUT2D eigenvalue weighted by Gasteiger charge is 2.17. The summed E-state index contributed by atoms with van der Waals surface area (Å²) in [5.74, 6) is 1.59. The number of fused-ring (bicyclic) bond motifs is 6. The van der Waals surface area contributed by atoms with Gasteiger partial charge in [-0.15, -0.1) is 11.3 Å². The average molecular weight is 670 g/mol. The normalized spacial score (nSPS) is 11.6. The van der Waals surface area contributed by atoms with Crippen LogP contribution in [0.15, 0.2) is 170 Å². The quantitative estimate of drug-likeness (QED) is 0.175. The molecule has 11 rings (SSSR count). The first-order chi connectivity index (χ1) is 25.2. The van der Waals surface area contributed by atoms with E-state index in [1.54, 1.807) is 0 Å². The van der Waals surface area contributed by atoms with Crippen LogP contribution in [0.25, 0.3) is 92.0 Å². The molecule has 240 valence electrons. The van der Waals surface area contributed by atoms with Gasteiger partial charge in [-0.1, -0.05) is 139 Å². The molecule has 0 N–H and O–H groups in total. The SMILES string of the molecule is Cc1cccc(-c2cc(-n3c4ccccc4c4ccccc43)nc(-c3ccccc3)n2)c1.c1ccc2c(c1)c1cccc3sc4cccc2c4c31. The van der Waals surface area contributed by atoms with Gasteiger partial charge >= 0.3 is 0 Å². The standard InChI is InChI=1S/C29H21N3.C18H10S/c1-20-10-9-13-22(18-20)25-19-28(31-29(30-25)21-11-3-2-4-12-21)32-26-16-7-5-14-23(26)24-15-6-8-17-27(24)32;1-2-6-12-11(5-1)13-7-3-9-15-17(13)18-14(12)8-4-10-16(18)19-15/h2-19H,1H3;1-10H. The van der Waals surface area contributed by atoms with Crippen molar-refractivity contribution >= 4 is 74.9 Å². The molecule has 0 radical (unpaired) electrons. The molecule has 0 saturated heterocycles. The van der Waals surface area contributed by atoms with E-state index in [4.69, 9.17) is 9.97 Å². The second kappa shape index (κ2) is 11.9. The molecule has 51 heavy (non-hydrogen) atoms. The lowest BCUT2D eigenvalue weighted by atomic mass is 9.95. The second-order valence-corrected chi connectivity index (χ2v) is 14.1. The van der Waals surface area contributed by atoms with Crippen molar-refractivity contribution in [2.24, 2.45) is 0 Å². The molecule has 0 aliphatic carbocycles. The minimum atomic E-state index is 0.724. The van der Waals surface area contributed by atoms with Gasteiger partial charge in [0.2, 0.25) is 0 Å². The van der Waals surface area contributed by atoms with E-state index in [-0.39, 0.29) is 0 Å². The molecule has 0 fully saturated rings. The topological polar surface area (TPSA) is 30.7 Å². The highest BCUT2D eigenvalue weighted by atomic mass is 32.1. The molecule has 0 unspecified atom stereocenters. The predicted molar refractivity (Wildman–Crippen MR) is 218 cm³/mol. The fourth-order valence-electron chi connectivity index (χ4n) is 7.66. The molecular formula is C47H31N3S. The fourth-order valence-corrected chi connectivity index (χ4v) is 8.81. The number of hydrogen-bond donors (Lipinski definition) is 0. The number of para-hydroxylation sites is 2. The van der Waals surface area contributed by atoms with Gasteiger partial charge < -0.3 is 0 Å². The summed E-state index contributed by atoms with van der Waals surface area (Å²) in [6.45, 7) is 2.11. The van der Waals surface area contributed by atoms with Crippen LogP contribution in [0.5, 0.6) is 0 Å². The van der Waals surface area contributed by atoms with Gasteiger partial charge in [-0.2, -0.15) is 0 Å². The van der Waals surface area contributed by atoms with Gasteiger partial charge in [0.05, 0.1) is 16.7 Å². The third-order valence-electron chi connectivity index (χ3n) is 9.90. The van der Waals surface area contributed by atoms with E-state index in [0.717, 1.165) is 39.5 Å². The Bertz CT molecular complexity index is 2910.